The smallest absolute Gasteiger partial charge is 0.323 e. The summed E-state index contributed by atoms with van der Waals surface area (Å²) in [6.07, 6.45) is 2.28. The van der Waals surface area contributed by atoms with E-state index in [0.29, 0.717) is 19.6 Å². The zero-order valence-corrected chi connectivity index (χ0v) is 13.7. The third-order valence-electron chi connectivity index (χ3n) is 3.59. The first-order chi connectivity index (χ1) is 10.9. The van der Waals surface area contributed by atoms with Crippen molar-refractivity contribution in [1.29, 1.82) is 0 Å². The molecule has 1 fully saturated rings. The molecule has 0 spiro atoms. The van der Waals surface area contributed by atoms with E-state index in [1.807, 2.05) is 0 Å². The standard InChI is InChI=1S/C15H25N3O5/c1-15(2)7-22-13(23-8-15)5-12(19)18-11(14(20)21-3)4-10-6-16-9-17-10/h6,9,11-13,18-19H,4-5,7-8H2,1-3H3,(H,16,17)/t11-,12?/m0/s1. The Labute approximate surface area is 135 Å². The molecular formula is C15H25N3O5. The number of imidazole rings is 1. The van der Waals surface area contributed by atoms with E-state index < -0.39 is 24.5 Å². The summed E-state index contributed by atoms with van der Waals surface area (Å²) >= 11 is 0. The zero-order chi connectivity index (χ0) is 16.9. The minimum absolute atomic E-state index is 0.0238. The summed E-state index contributed by atoms with van der Waals surface area (Å²) in [4.78, 5) is 18.7. The van der Waals surface area contributed by atoms with E-state index in [-0.39, 0.29) is 11.8 Å². The number of carbonyl (C=O) groups excluding carboxylic acids is 1. The van der Waals surface area contributed by atoms with Crippen molar-refractivity contribution < 1.29 is 24.1 Å². The molecule has 1 saturated heterocycles. The molecule has 1 unspecified atom stereocenters. The Morgan fingerprint density at radius 3 is 2.83 bits per heavy atom. The van der Waals surface area contributed by atoms with E-state index in [0.717, 1.165) is 5.69 Å². The van der Waals surface area contributed by atoms with Gasteiger partial charge in [-0.05, 0) is 0 Å². The Kier molecular flexibility index (Phi) is 6.11. The highest BCUT2D eigenvalue weighted by atomic mass is 16.7. The van der Waals surface area contributed by atoms with Crippen molar-refractivity contribution in [1.82, 2.24) is 15.3 Å². The second kappa shape index (κ2) is 7.87. The van der Waals surface area contributed by atoms with Crippen molar-refractivity contribution >= 4 is 5.97 Å². The molecule has 1 aromatic rings. The van der Waals surface area contributed by atoms with Gasteiger partial charge >= 0.3 is 5.97 Å². The molecule has 0 bridgehead atoms. The summed E-state index contributed by atoms with van der Waals surface area (Å²) in [6.45, 7) is 5.24. The monoisotopic (exact) mass is 327 g/mol. The normalized spacial score (nSPS) is 20.9. The number of ether oxygens (including phenoxy) is 3. The lowest BCUT2D eigenvalue weighted by Crippen LogP contribution is -2.48. The van der Waals surface area contributed by atoms with Crippen LogP contribution in [-0.4, -0.2) is 59.9 Å². The summed E-state index contributed by atoms with van der Waals surface area (Å²) in [6, 6.07) is -0.685. The molecule has 1 aliphatic rings. The number of nitrogens with one attached hydrogen (secondary N) is 2. The molecule has 1 aromatic heterocycles. The summed E-state index contributed by atoms with van der Waals surface area (Å²) in [5.74, 6) is -0.453. The van der Waals surface area contributed by atoms with E-state index in [4.69, 9.17) is 14.2 Å². The van der Waals surface area contributed by atoms with Crippen LogP contribution in [0.5, 0.6) is 0 Å². The highest BCUT2D eigenvalue weighted by Crippen LogP contribution is 2.24. The van der Waals surface area contributed by atoms with E-state index in [2.05, 4.69) is 29.1 Å². The Morgan fingerprint density at radius 2 is 2.26 bits per heavy atom. The molecule has 8 nitrogen and oxygen atoms in total. The molecule has 130 valence electrons. The molecule has 2 heterocycles. The molecule has 23 heavy (non-hydrogen) atoms. The molecule has 0 radical (unpaired) electrons. The first kappa shape index (κ1) is 17.9. The Hall–Kier alpha value is -1.48. The van der Waals surface area contributed by atoms with Crippen LogP contribution in [0.4, 0.5) is 0 Å². The Morgan fingerprint density at radius 1 is 1.57 bits per heavy atom. The highest BCUT2D eigenvalue weighted by Gasteiger charge is 2.31. The van der Waals surface area contributed by atoms with E-state index in [1.54, 1.807) is 6.20 Å². The molecule has 2 atom stereocenters. The number of aromatic nitrogens is 2. The van der Waals surface area contributed by atoms with Gasteiger partial charge in [-0.3, -0.25) is 10.1 Å². The molecule has 8 heteroatoms. The molecule has 0 aromatic carbocycles. The minimum atomic E-state index is -0.951. The van der Waals surface area contributed by atoms with Gasteiger partial charge in [-0.2, -0.15) is 0 Å². The third kappa shape index (κ3) is 5.58. The number of aliphatic hydroxyl groups excluding tert-OH is 1. The maximum absolute atomic E-state index is 11.9. The SMILES string of the molecule is COC(=O)[C@H](Cc1cnc[nH]1)NC(O)CC1OCC(C)(C)CO1. The van der Waals surface area contributed by atoms with Gasteiger partial charge in [0, 0.05) is 30.1 Å². The molecule has 3 N–H and O–H groups in total. The quantitative estimate of drug-likeness (QED) is 0.485. The van der Waals surface area contributed by atoms with Crippen LogP contribution >= 0.6 is 0 Å². The summed E-state index contributed by atoms with van der Waals surface area (Å²) < 4.78 is 15.9. The number of methoxy groups -OCH3 is 1. The fraction of sp³-hybridized carbons (Fsp3) is 0.733. The van der Waals surface area contributed by atoms with Crippen molar-refractivity contribution in [2.24, 2.45) is 5.41 Å². The first-order valence-electron chi connectivity index (χ1n) is 7.62. The predicted molar refractivity (Wildman–Crippen MR) is 81.3 cm³/mol. The molecule has 0 amide bonds. The number of hydrogen-bond acceptors (Lipinski definition) is 7. The molecule has 2 rings (SSSR count). The van der Waals surface area contributed by atoms with Gasteiger partial charge in [0.1, 0.15) is 12.3 Å². The summed E-state index contributed by atoms with van der Waals surface area (Å²) in [7, 11) is 1.31. The van der Waals surface area contributed by atoms with Crippen LogP contribution in [0, 0.1) is 5.41 Å². The molecule has 0 aliphatic carbocycles. The van der Waals surface area contributed by atoms with Crippen molar-refractivity contribution in [3.05, 3.63) is 18.2 Å². The number of hydrogen-bond donors (Lipinski definition) is 3. The number of aromatic amines is 1. The van der Waals surface area contributed by atoms with Gasteiger partial charge in [-0.25, -0.2) is 4.98 Å². The number of aliphatic hydroxyl groups is 1. The van der Waals surface area contributed by atoms with Crippen molar-refractivity contribution in [3.8, 4) is 0 Å². The van der Waals surface area contributed by atoms with Crippen LogP contribution in [0.3, 0.4) is 0 Å². The van der Waals surface area contributed by atoms with Crippen LogP contribution in [0.2, 0.25) is 0 Å². The number of rotatable bonds is 7. The first-order valence-corrected chi connectivity index (χ1v) is 7.62. The lowest BCUT2D eigenvalue weighted by atomic mass is 9.95. The maximum Gasteiger partial charge on any atom is 0.323 e. The zero-order valence-electron chi connectivity index (χ0n) is 13.7. The summed E-state index contributed by atoms with van der Waals surface area (Å²) in [5.41, 5.74) is 0.747. The van der Waals surface area contributed by atoms with Gasteiger partial charge < -0.3 is 24.3 Å². The van der Waals surface area contributed by atoms with Gasteiger partial charge in [0.05, 0.1) is 26.7 Å². The average Bonchev–Trinajstić information content (AvgIpc) is 3.01. The number of H-pyrrole nitrogens is 1. The lowest BCUT2D eigenvalue weighted by molar-refractivity contribution is -0.232. The largest absolute Gasteiger partial charge is 0.468 e. The lowest BCUT2D eigenvalue weighted by Gasteiger charge is -2.35. The predicted octanol–water partition coefficient (Wildman–Crippen LogP) is 0.191. The fourth-order valence-corrected chi connectivity index (χ4v) is 2.31. The molecule has 0 saturated carbocycles. The molecular weight excluding hydrogens is 302 g/mol. The fourth-order valence-electron chi connectivity index (χ4n) is 2.31. The topological polar surface area (TPSA) is 106 Å². The Bertz CT molecular complexity index is 481. The van der Waals surface area contributed by atoms with Gasteiger partial charge in [0.25, 0.3) is 0 Å². The van der Waals surface area contributed by atoms with Gasteiger partial charge in [0.2, 0.25) is 0 Å². The van der Waals surface area contributed by atoms with E-state index in [9.17, 15) is 9.90 Å². The van der Waals surface area contributed by atoms with Gasteiger partial charge in [-0.15, -0.1) is 0 Å². The second-order valence-corrected chi connectivity index (χ2v) is 6.49. The maximum atomic E-state index is 11.9. The van der Waals surface area contributed by atoms with Gasteiger partial charge in [-0.1, -0.05) is 13.8 Å². The average molecular weight is 327 g/mol. The van der Waals surface area contributed by atoms with Crippen LogP contribution < -0.4 is 5.32 Å². The minimum Gasteiger partial charge on any atom is -0.468 e. The Balaban J connectivity index is 1.85. The number of nitrogens with zero attached hydrogens (tertiary/aromatic N) is 1. The van der Waals surface area contributed by atoms with Crippen LogP contribution in [0.15, 0.2) is 12.5 Å². The van der Waals surface area contributed by atoms with Crippen molar-refractivity contribution in [3.63, 3.8) is 0 Å². The van der Waals surface area contributed by atoms with Gasteiger partial charge in [0.15, 0.2) is 6.29 Å². The van der Waals surface area contributed by atoms with Crippen LogP contribution in [0.25, 0.3) is 0 Å². The van der Waals surface area contributed by atoms with E-state index >= 15 is 0 Å². The number of esters is 1. The van der Waals surface area contributed by atoms with Crippen molar-refractivity contribution in [2.45, 2.75) is 45.2 Å². The summed E-state index contributed by atoms with van der Waals surface area (Å²) in [5, 5.41) is 13.0. The highest BCUT2D eigenvalue weighted by molar-refractivity contribution is 5.76. The third-order valence-corrected chi connectivity index (χ3v) is 3.59. The molecule has 1 aliphatic heterocycles. The number of carbonyl (C=O) groups is 1. The van der Waals surface area contributed by atoms with Crippen LogP contribution in [-0.2, 0) is 25.4 Å². The van der Waals surface area contributed by atoms with E-state index in [1.165, 1.54) is 13.4 Å². The van der Waals surface area contributed by atoms with Crippen molar-refractivity contribution in [2.75, 3.05) is 20.3 Å². The van der Waals surface area contributed by atoms with Crippen LogP contribution in [0.1, 0.15) is 26.0 Å². The second-order valence-electron chi connectivity index (χ2n) is 6.49.